The van der Waals surface area contributed by atoms with Crippen LogP contribution < -0.4 is 5.32 Å². The number of carbonyl (C=O) groups excluding carboxylic acids is 1. The molecule has 1 aromatic heterocycles. The number of carbonyl (C=O) groups is 1. The highest BCUT2D eigenvalue weighted by Gasteiger charge is 2.26. The van der Waals surface area contributed by atoms with Crippen LogP contribution in [-0.4, -0.2) is 20.6 Å². The molecule has 1 aliphatic carbocycles. The Labute approximate surface area is 172 Å². The van der Waals surface area contributed by atoms with Crippen LogP contribution in [0.3, 0.4) is 0 Å². The fraction of sp³-hybridized carbons (Fsp3) is 0.238. The molecule has 3 aromatic rings. The Balaban J connectivity index is 1.66. The maximum absolute atomic E-state index is 12.8. The van der Waals surface area contributed by atoms with Gasteiger partial charge in [-0.05, 0) is 43.4 Å². The molecule has 0 spiro atoms. The third kappa shape index (κ3) is 3.61. The van der Waals surface area contributed by atoms with E-state index in [1.165, 1.54) is 29.3 Å². The molecule has 1 N–H and O–H groups in total. The van der Waals surface area contributed by atoms with E-state index in [1.807, 2.05) is 23.7 Å². The standard InChI is InChI=1S/C21H19ClN4O3/c1-13-12-23-25(19-8-4-6-14-5-2-3-7-16(14)19)20(13)24-21(27)17-10-9-15(26(28)29)11-18(17)22/h2-3,5,7,9-12,19H,4,6,8H2,1H3,(H,24,27). The molecular weight excluding hydrogens is 392 g/mol. The number of halogens is 1. The van der Waals surface area contributed by atoms with E-state index >= 15 is 0 Å². The van der Waals surface area contributed by atoms with Crippen LogP contribution in [0.15, 0.2) is 48.7 Å². The number of fused-ring (bicyclic) bond motifs is 1. The number of aryl methyl sites for hydroxylation is 2. The second-order valence-corrected chi connectivity index (χ2v) is 7.51. The number of nitrogens with zero attached hydrogens (tertiary/aromatic N) is 3. The summed E-state index contributed by atoms with van der Waals surface area (Å²) < 4.78 is 1.85. The quantitative estimate of drug-likeness (QED) is 0.487. The fourth-order valence-corrected chi connectivity index (χ4v) is 4.06. The summed E-state index contributed by atoms with van der Waals surface area (Å²) in [7, 11) is 0. The van der Waals surface area contributed by atoms with Crippen LogP contribution in [0.2, 0.25) is 5.02 Å². The molecule has 1 unspecified atom stereocenters. The van der Waals surface area contributed by atoms with Gasteiger partial charge in [-0.15, -0.1) is 0 Å². The molecular formula is C21H19ClN4O3. The van der Waals surface area contributed by atoms with Gasteiger partial charge in [0.2, 0.25) is 0 Å². The number of rotatable bonds is 4. The minimum Gasteiger partial charge on any atom is -0.306 e. The van der Waals surface area contributed by atoms with Crippen molar-refractivity contribution in [1.29, 1.82) is 0 Å². The zero-order valence-corrected chi connectivity index (χ0v) is 16.5. The van der Waals surface area contributed by atoms with Crippen molar-refractivity contribution in [2.24, 2.45) is 0 Å². The van der Waals surface area contributed by atoms with Gasteiger partial charge >= 0.3 is 0 Å². The number of hydrogen-bond donors (Lipinski definition) is 1. The van der Waals surface area contributed by atoms with Crippen molar-refractivity contribution in [2.75, 3.05) is 5.32 Å². The first-order valence-electron chi connectivity index (χ1n) is 9.33. The van der Waals surface area contributed by atoms with Crippen LogP contribution in [0.25, 0.3) is 0 Å². The molecule has 148 valence electrons. The van der Waals surface area contributed by atoms with Crippen molar-refractivity contribution < 1.29 is 9.72 Å². The Morgan fingerprint density at radius 1 is 1.31 bits per heavy atom. The molecule has 1 amide bonds. The van der Waals surface area contributed by atoms with Gasteiger partial charge in [-0.2, -0.15) is 5.10 Å². The topological polar surface area (TPSA) is 90.1 Å². The van der Waals surface area contributed by atoms with Crippen LogP contribution in [0.1, 0.15) is 45.9 Å². The van der Waals surface area contributed by atoms with Gasteiger partial charge < -0.3 is 5.32 Å². The highest BCUT2D eigenvalue weighted by molar-refractivity contribution is 6.34. The van der Waals surface area contributed by atoms with E-state index in [1.54, 1.807) is 6.20 Å². The van der Waals surface area contributed by atoms with Crippen molar-refractivity contribution in [3.8, 4) is 0 Å². The monoisotopic (exact) mass is 410 g/mol. The van der Waals surface area contributed by atoms with Gasteiger partial charge in [0.25, 0.3) is 11.6 Å². The molecule has 0 radical (unpaired) electrons. The number of nitro benzene ring substituents is 1. The molecule has 4 rings (SSSR count). The Morgan fingerprint density at radius 2 is 2.10 bits per heavy atom. The van der Waals surface area contributed by atoms with Gasteiger partial charge in [-0.3, -0.25) is 14.9 Å². The van der Waals surface area contributed by atoms with Gasteiger partial charge in [0.05, 0.1) is 27.7 Å². The summed E-state index contributed by atoms with van der Waals surface area (Å²) in [5, 5.41) is 18.3. The summed E-state index contributed by atoms with van der Waals surface area (Å²) in [6.07, 6.45) is 4.73. The van der Waals surface area contributed by atoms with Crippen LogP contribution in [0.5, 0.6) is 0 Å². The van der Waals surface area contributed by atoms with Crippen molar-refractivity contribution in [3.63, 3.8) is 0 Å². The van der Waals surface area contributed by atoms with Crippen LogP contribution >= 0.6 is 11.6 Å². The number of amides is 1. The van der Waals surface area contributed by atoms with Crippen LogP contribution in [0, 0.1) is 17.0 Å². The lowest BCUT2D eigenvalue weighted by Gasteiger charge is -2.27. The predicted molar refractivity (Wildman–Crippen MR) is 111 cm³/mol. The Hall–Kier alpha value is -3.19. The maximum Gasteiger partial charge on any atom is 0.270 e. The molecule has 1 atom stereocenters. The lowest BCUT2D eigenvalue weighted by molar-refractivity contribution is -0.384. The predicted octanol–water partition coefficient (Wildman–Crippen LogP) is 4.93. The summed E-state index contributed by atoms with van der Waals surface area (Å²) in [5.41, 5.74) is 3.36. The molecule has 0 saturated heterocycles. The first-order valence-corrected chi connectivity index (χ1v) is 9.70. The first-order chi connectivity index (χ1) is 14.0. The largest absolute Gasteiger partial charge is 0.306 e. The molecule has 1 aliphatic rings. The molecule has 0 aliphatic heterocycles. The molecule has 7 nitrogen and oxygen atoms in total. The average Bonchev–Trinajstić information content (AvgIpc) is 3.07. The highest BCUT2D eigenvalue weighted by atomic mass is 35.5. The number of aromatic nitrogens is 2. The SMILES string of the molecule is Cc1cnn(C2CCCc3ccccc32)c1NC(=O)c1ccc([N+](=O)[O-])cc1Cl. The molecule has 8 heteroatoms. The van der Waals surface area contributed by atoms with E-state index in [2.05, 4.69) is 22.5 Å². The molecule has 0 bridgehead atoms. The lowest BCUT2D eigenvalue weighted by atomic mass is 9.88. The third-order valence-corrected chi connectivity index (χ3v) is 5.56. The first kappa shape index (κ1) is 19.1. The fourth-order valence-electron chi connectivity index (χ4n) is 3.80. The molecule has 29 heavy (non-hydrogen) atoms. The van der Waals surface area contributed by atoms with E-state index in [0.29, 0.717) is 5.82 Å². The van der Waals surface area contributed by atoms with Crippen LogP contribution in [-0.2, 0) is 6.42 Å². The van der Waals surface area contributed by atoms with Gasteiger partial charge in [-0.25, -0.2) is 4.68 Å². The van der Waals surface area contributed by atoms with E-state index in [0.717, 1.165) is 24.8 Å². The van der Waals surface area contributed by atoms with E-state index < -0.39 is 10.8 Å². The smallest absolute Gasteiger partial charge is 0.270 e. The second-order valence-electron chi connectivity index (χ2n) is 7.10. The van der Waals surface area contributed by atoms with Crippen LogP contribution in [0.4, 0.5) is 11.5 Å². The van der Waals surface area contributed by atoms with E-state index in [-0.39, 0.29) is 22.3 Å². The highest BCUT2D eigenvalue weighted by Crippen LogP contribution is 2.35. The number of nitro groups is 1. The molecule has 1 heterocycles. The summed E-state index contributed by atoms with van der Waals surface area (Å²) in [6.45, 7) is 1.88. The average molecular weight is 411 g/mol. The number of non-ortho nitro benzene ring substituents is 1. The molecule has 0 saturated carbocycles. The molecule has 2 aromatic carbocycles. The van der Waals surface area contributed by atoms with Crippen molar-refractivity contribution in [2.45, 2.75) is 32.2 Å². The lowest BCUT2D eigenvalue weighted by Crippen LogP contribution is -2.23. The van der Waals surface area contributed by atoms with Gasteiger partial charge in [0, 0.05) is 17.7 Å². The normalized spacial score (nSPS) is 15.6. The summed E-state index contributed by atoms with van der Waals surface area (Å²) in [4.78, 5) is 23.2. The minimum atomic E-state index is -0.548. The second kappa shape index (κ2) is 7.67. The summed E-state index contributed by atoms with van der Waals surface area (Å²) in [5.74, 6) is 0.171. The Morgan fingerprint density at radius 3 is 2.86 bits per heavy atom. The molecule has 0 fully saturated rings. The zero-order valence-electron chi connectivity index (χ0n) is 15.8. The number of hydrogen-bond acceptors (Lipinski definition) is 4. The van der Waals surface area contributed by atoms with Crippen molar-refractivity contribution in [1.82, 2.24) is 9.78 Å². The number of anilines is 1. The van der Waals surface area contributed by atoms with Gasteiger partial charge in [0.15, 0.2) is 0 Å². The van der Waals surface area contributed by atoms with Crippen molar-refractivity contribution in [3.05, 3.63) is 86.1 Å². The Bertz CT molecular complexity index is 1110. The minimum absolute atomic E-state index is 0.0310. The van der Waals surface area contributed by atoms with Gasteiger partial charge in [-0.1, -0.05) is 35.9 Å². The number of nitrogens with one attached hydrogen (secondary N) is 1. The van der Waals surface area contributed by atoms with E-state index in [9.17, 15) is 14.9 Å². The third-order valence-electron chi connectivity index (χ3n) is 5.25. The van der Waals surface area contributed by atoms with E-state index in [4.69, 9.17) is 11.6 Å². The number of benzene rings is 2. The summed E-state index contributed by atoms with van der Waals surface area (Å²) in [6, 6.07) is 12.1. The zero-order chi connectivity index (χ0) is 20.5. The Kier molecular flexibility index (Phi) is 5.07. The summed E-state index contributed by atoms with van der Waals surface area (Å²) >= 11 is 6.12. The maximum atomic E-state index is 12.8. The van der Waals surface area contributed by atoms with Crippen molar-refractivity contribution >= 4 is 29.0 Å². The van der Waals surface area contributed by atoms with Gasteiger partial charge in [0.1, 0.15) is 5.82 Å².